The SMILES string of the molecule is OC[C@H]1O[C@H](OC[C@H]2O[C@H](OC[C@H]3O[C@H](OC[C@H]4O[C@H](O[C@H]5C(O)O[C@H](CO)[C@@H](O)[C@@H]5O)[C@H](O)[C@@H](O)[C@@H]4O)[C@H](O)[C@@H](O)[C@@H]3O)[C@H](O)[C@@H](O)[C@@H]2O)[C@H](O)[C@@H](O)[C@@H]1O. The van der Waals surface area contributed by atoms with Crippen LogP contribution in [0.15, 0.2) is 0 Å². The molecule has 0 bridgehead atoms. The van der Waals surface area contributed by atoms with Crippen LogP contribution in [-0.2, 0) is 42.6 Å². The molecule has 26 heteroatoms. The highest BCUT2D eigenvalue weighted by molar-refractivity contribution is 4.96. The third kappa shape index (κ3) is 9.61. The van der Waals surface area contributed by atoms with Crippen molar-refractivity contribution < 1.29 is 129 Å². The molecule has 5 aliphatic rings. The van der Waals surface area contributed by atoms with E-state index < -0.39 is 187 Å². The topological polar surface area (TPSA) is 427 Å². The summed E-state index contributed by atoms with van der Waals surface area (Å²) in [7, 11) is 0. The second-order valence-corrected chi connectivity index (χ2v) is 14.1. The molecule has 0 radical (unpaired) electrons. The van der Waals surface area contributed by atoms with E-state index >= 15 is 0 Å². The Morgan fingerprint density at radius 1 is 0.304 bits per heavy atom. The fourth-order valence-corrected chi connectivity index (χ4v) is 6.70. The highest BCUT2D eigenvalue weighted by atomic mass is 16.8. The molecule has 5 aliphatic heterocycles. The third-order valence-electron chi connectivity index (χ3n) is 10.3. The zero-order valence-corrected chi connectivity index (χ0v) is 29.2. The van der Waals surface area contributed by atoms with E-state index in [0.717, 1.165) is 0 Å². The molecule has 5 heterocycles. The maximum absolute atomic E-state index is 10.6. The second kappa shape index (κ2) is 19.6. The fraction of sp³-hybridized carbons (Fsp3) is 1.00. The lowest BCUT2D eigenvalue weighted by atomic mass is 9.97. The van der Waals surface area contributed by atoms with Crippen LogP contribution >= 0.6 is 0 Å². The van der Waals surface area contributed by atoms with Gasteiger partial charge in [0.25, 0.3) is 0 Å². The highest BCUT2D eigenvalue weighted by Gasteiger charge is 2.52. The molecule has 0 aromatic rings. The van der Waals surface area contributed by atoms with E-state index in [-0.39, 0.29) is 0 Å². The number of hydrogen-bond acceptors (Lipinski definition) is 26. The van der Waals surface area contributed by atoms with Crippen LogP contribution in [0.1, 0.15) is 0 Å². The lowest BCUT2D eigenvalue weighted by Crippen LogP contribution is -2.65. The van der Waals surface area contributed by atoms with Gasteiger partial charge in [-0.2, -0.15) is 0 Å². The molecule has 17 N–H and O–H groups in total. The minimum absolute atomic E-state index is 0.675. The largest absolute Gasteiger partial charge is 0.394 e. The summed E-state index contributed by atoms with van der Waals surface area (Å²) in [5.41, 5.74) is 0. The van der Waals surface area contributed by atoms with Gasteiger partial charge in [0.05, 0.1) is 33.0 Å². The van der Waals surface area contributed by atoms with Crippen molar-refractivity contribution in [2.45, 2.75) is 154 Å². The molecule has 5 fully saturated rings. The Balaban J connectivity index is 1.17. The van der Waals surface area contributed by atoms with Crippen LogP contribution < -0.4 is 0 Å². The number of aliphatic hydroxyl groups is 17. The molecule has 5 saturated heterocycles. The number of hydrogen-bond donors (Lipinski definition) is 17. The van der Waals surface area contributed by atoms with Gasteiger partial charge in [-0.15, -0.1) is 0 Å². The van der Waals surface area contributed by atoms with Gasteiger partial charge >= 0.3 is 0 Å². The molecule has 0 aromatic heterocycles. The first-order valence-corrected chi connectivity index (χ1v) is 17.6. The van der Waals surface area contributed by atoms with Crippen molar-refractivity contribution in [1.29, 1.82) is 0 Å². The lowest BCUT2D eigenvalue weighted by Gasteiger charge is -2.45. The first-order chi connectivity index (χ1) is 26.4. The Morgan fingerprint density at radius 3 is 0.964 bits per heavy atom. The average Bonchev–Trinajstić information content (AvgIpc) is 3.18. The van der Waals surface area contributed by atoms with Crippen molar-refractivity contribution in [3.8, 4) is 0 Å². The molecule has 328 valence electrons. The van der Waals surface area contributed by atoms with Crippen LogP contribution in [0, 0.1) is 0 Å². The van der Waals surface area contributed by atoms with Gasteiger partial charge < -0.3 is 129 Å². The van der Waals surface area contributed by atoms with Gasteiger partial charge in [0, 0.05) is 0 Å². The summed E-state index contributed by atoms with van der Waals surface area (Å²) in [5.74, 6) is 0. The van der Waals surface area contributed by atoms with Gasteiger partial charge in [0.15, 0.2) is 31.5 Å². The Kier molecular flexibility index (Phi) is 16.1. The summed E-state index contributed by atoms with van der Waals surface area (Å²) in [4.78, 5) is 0. The quantitative estimate of drug-likeness (QED) is 0.0819. The van der Waals surface area contributed by atoms with E-state index in [0.29, 0.717) is 0 Å². The van der Waals surface area contributed by atoms with Crippen LogP contribution in [0.25, 0.3) is 0 Å². The van der Waals surface area contributed by atoms with Crippen molar-refractivity contribution in [2.75, 3.05) is 33.0 Å². The first-order valence-electron chi connectivity index (χ1n) is 17.6. The Labute approximate surface area is 316 Å². The molecule has 0 aromatic carbocycles. The molecule has 5 rings (SSSR count). The average molecular weight is 829 g/mol. The molecular weight excluding hydrogens is 776 g/mol. The molecule has 26 nitrogen and oxygen atoms in total. The van der Waals surface area contributed by atoms with Gasteiger partial charge in [0.1, 0.15) is 122 Å². The number of rotatable bonds is 13. The van der Waals surface area contributed by atoms with Crippen molar-refractivity contribution >= 4 is 0 Å². The monoisotopic (exact) mass is 828 g/mol. The predicted molar refractivity (Wildman–Crippen MR) is 167 cm³/mol. The Morgan fingerprint density at radius 2 is 0.589 bits per heavy atom. The van der Waals surface area contributed by atoms with Crippen molar-refractivity contribution in [1.82, 2.24) is 0 Å². The van der Waals surface area contributed by atoms with Gasteiger partial charge in [-0.3, -0.25) is 0 Å². The smallest absolute Gasteiger partial charge is 0.187 e. The summed E-state index contributed by atoms with van der Waals surface area (Å²) in [6.45, 7) is -3.75. The molecule has 0 saturated carbocycles. The number of aliphatic hydroxyl groups excluding tert-OH is 17. The molecule has 0 aliphatic carbocycles. The van der Waals surface area contributed by atoms with Crippen LogP contribution in [0.4, 0.5) is 0 Å². The maximum Gasteiger partial charge on any atom is 0.187 e. The Hall–Kier alpha value is -1.04. The first kappa shape index (κ1) is 46.0. The van der Waals surface area contributed by atoms with E-state index in [4.69, 9.17) is 42.6 Å². The highest BCUT2D eigenvalue weighted by Crippen LogP contribution is 2.31. The van der Waals surface area contributed by atoms with E-state index in [9.17, 15) is 86.8 Å². The van der Waals surface area contributed by atoms with Crippen molar-refractivity contribution in [3.63, 3.8) is 0 Å². The molecule has 0 spiro atoms. The third-order valence-corrected chi connectivity index (χ3v) is 10.3. The molecular formula is C30H52O26. The van der Waals surface area contributed by atoms with Crippen LogP contribution in [0.2, 0.25) is 0 Å². The van der Waals surface area contributed by atoms with Crippen molar-refractivity contribution in [2.24, 2.45) is 0 Å². The Bertz CT molecular complexity index is 1210. The van der Waals surface area contributed by atoms with E-state index in [1.54, 1.807) is 0 Å². The molecule has 56 heavy (non-hydrogen) atoms. The summed E-state index contributed by atoms with van der Waals surface area (Å²) >= 11 is 0. The van der Waals surface area contributed by atoms with Gasteiger partial charge in [0.2, 0.25) is 0 Å². The van der Waals surface area contributed by atoms with Crippen LogP contribution in [0.3, 0.4) is 0 Å². The van der Waals surface area contributed by atoms with E-state index in [2.05, 4.69) is 0 Å². The zero-order chi connectivity index (χ0) is 41.3. The van der Waals surface area contributed by atoms with Gasteiger partial charge in [-0.1, -0.05) is 0 Å². The summed E-state index contributed by atoms with van der Waals surface area (Å²) in [5, 5.41) is 174. The normalized spacial score (nSPS) is 53.2. The minimum atomic E-state index is -2.00. The van der Waals surface area contributed by atoms with E-state index in [1.165, 1.54) is 0 Å². The minimum Gasteiger partial charge on any atom is -0.394 e. The fourth-order valence-electron chi connectivity index (χ4n) is 6.70. The van der Waals surface area contributed by atoms with E-state index in [1.807, 2.05) is 0 Å². The summed E-state index contributed by atoms with van der Waals surface area (Å²) < 4.78 is 48.4. The predicted octanol–water partition coefficient (Wildman–Crippen LogP) is -11.9. The molecule has 25 atom stereocenters. The zero-order valence-electron chi connectivity index (χ0n) is 29.2. The van der Waals surface area contributed by atoms with Crippen LogP contribution in [-0.4, -0.2) is 273 Å². The molecule has 0 amide bonds. The maximum atomic E-state index is 10.6. The standard InChI is InChI=1S/C30H52O26/c31-1-6-12(34)20(42)25(26(47)51-6)56-30-24(46)19(41)15(37)10(55-30)5-50-29-23(45)18(40)14(36)9(54-29)4-49-28-22(44)17(39)13(35)8(53-28)3-48-27-21(43)16(38)11(33)7(2-32)52-27/h6-47H,1-5H2/t6-,7-,8-,9-,10-,11-,12-,13-,14-,15-,16+,17+,18+,19+,20+,21-,22-,23-,24-,25-,26?,27+,28+,29+,30-/m1/s1. The second-order valence-electron chi connectivity index (χ2n) is 14.1. The molecule has 1 unspecified atom stereocenters. The summed E-state index contributed by atoms with van der Waals surface area (Å²) in [6, 6.07) is 0. The van der Waals surface area contributed by atoms with Crippen molar-refractivity contribution in [3.05, 3.63) is 0 Å². The number of ether oxygens (including phenoxy) is 9. The van der Waals surface area contributed by atoms with Gasteiger partial charge in [-0.25, -0.2) is 0 Å². The van der Waals surface area contributed by atoms with Gasteiger partial charge in [-0.05, 0) is 0 Å². The lowest BCUT2D eigenvalue weighted by molar-refractivity contribution is -0.369. The van der Waals surface area contributed by atoms with Crippen LogP contribution in [0.5, 0.6) is 0 Å². The summed E-state index contributed by atoms with van der Waals surface area (Å²) in [6.07, 6.45) is -44.6.